The van der Waals surface area contributed by atoms with Gasteiger partial charge in [0.25, 0.3) is 0 Å². The van der Waals surface area contributed by atoms with Crippen LogP contribution in [0.5, 0.6) is 0 Å². The van der Waals surface area contributed by atoms with Gasteiger partial charge in [0.15, 0.2) is 0 Å². The lowest BCUT2D eigenvalue weighted by molar-refractivity contribution is -0.135. The normalized spacial score (nSPS) is 20.2. The Morgan fingerprint density at radius 3 is 2.08 bits per heavy atom. The van der Waals surface area contributed by atoms with E-state index in [0.29, 0.717) is 0 Å². The lowest BCUT2D eigenvalue weighted by Crippen LogP contribution is -2.54. The van der Waals surface area contributed by atoms with Crippen LogP contribution in [0.25, 0.3) is 0 Å². The van der Waals surface area contributed by atoms with Crippen LogP contribution < -0.4 is 5.73 Å². The summed E-state index contributed by atoms with van der Waals surface area (Å²) in [4.78, 5) is 13.2. The molecule has 1 saturated carbocycles. The Bertz CT molecular complexity index is 176. The minimum atomic E-state index is -0.554. The molecule has 0 spiro atoms. The first-order chi connectivity index (χ1) is 5.56. The molecule has 0 aromatic heterocycles. The smallest absolute Gasteiger partial charge is 0.242 e. The van der Waals surface area contributed by atoms with Crippen LogP contribution in [0, 0.1) is 0 Å². The number of nitrogens with two attached hydrogens (primary N) is 1. The first kappa shape index (κ1) is 12.7. The van der Waals surface area contributed by atoms with Gasteiger partial charge in [-0.05, 0) is 12.8 Å². The van der Waals surface area contributed by atoms with Crippen LogP contribution in [0.3, 0.4) is 0 Å². The van der Waals surface area contributed by atoms with Gasteiger partial charge >= 0.3 is 0 Å². The second-order valence-corrected chi connectivity index (χ2v) is 3.92. The van der Waals surface area contributed by atoms with Gasteiger partial charge < -0.3 is 10.6 Å². The fraction of sp³-hybridized carbons (Fsp3) is 0.889. The summed E-state index contributed by atoms with van der Waals surface area (Å²) in [5.74, 6) is 0.0854. The maximum absolute atomic E-state index is 11.6. The van der Waals surface area contributed by atoms with Crippen molar-refractivity contribution in [1.29, 1.82) is 0 Å². The molecule has 2 N–H and O–H groups in total. The van der Waals surface area contributed by atoms with Gasteiger partial charge in [-0.25, -0.2) is 0 Å². The molecule has 1 fully saturated rings. The van der Waals surface area contributed by atoms with Gasteiger partial charge in [0, 0.05) is 14.1 Å². The number of carbonyl (C=O) groups excluding carboxylic acids is 1. The number of hydrogen-bond acceptors (Lipinski definition) is 2. The van der Waals surface area contributed by atoms with E-state index in [9.17, 15) is 4.79 Å². The van der Waals surface area contributed by atoms with Gasteiger partial charge in [-0.15, -0.1) is 12.4 Å². The highest BCUT2D eigenvalue weighted by Gasteiger charge is 2.36. The summed E-state index contributed by atoms with van der Waals surface area (Å²) < 4.78 is 0. The molecule has 0 aromatic carbocycles. The monoisotopic (exact) mass is 206 g/mol. The lowest BCUT2D eigenvalue weighted by atomic mass is 9.81. The summed E-state index contributed by atoms with van der Waals surface area (Å²) in [7, 11) is 3.54. The third kappa shape index (κ3) is 2.85. The molecule has 0 bridgehead atoms. The van der Waals surface area contributed by atoms with Crippen LogP contribution in [0.2, 0.25) is 0 Å². The van der Waals surface area contributed by atoms with E-state index in [0.717, 1.165) is 25.7 Å². The van der Waals surface area contributed by atoms with Crippen LogP contribution in [-0.2, 0) is 4.79 Å². The standard InChI is InChI=1S/C9H18N2O.ClH/c1-11(2)8(12)9(10)6-4-3-5-7-9;/h3-7,10H2,1-2H3;1H. The summed E-state index contributed by atoms with van der Waals surface area (Å²) in [5, 5.41) is 0. The minimum absolute atomic E-state index is 0. The van der Waals surface area contributed by atoms with Crippen molar-refractivity contribution in [2.45, 2.75) is 37.6 Å². The Hall–Kier alpha value is -0.280. The van der Waals surface area contributed by atoms with Gasteiger partial charge in [0.1, 0.15) is 0 Å². The summed E-state index contributed by atoms with van der Waals surface area (Å²) in [5.41, 5.74) is 5.46. The molecule has 1 amide bonds. The molecule has 0 aromatic rings. The fourth-order valence-electron chi connectivity index (χ4n) is 1.84. The zero-order chi connectivity index (χ0) is 9.19. The first-order valence-electron chi connectivity index (χ1n) is 4.57. The second kappa shape index (κ2) is 4.82. The van der Waals surface area contributed by atoms with E-state index in [1.165, 1.54) is 6.42 Å². The number of likely N-dealkylation sites (N-methyl/N-ethyl adjacent to an activating group) is 1. The van der Waals surface area contributed by atoms with E-state index in [1.807, 2.05) is 0 Å². The predicted molar refractivity (Wildman–Crippen MR) is 55.9 cm³/mol. The number of rotatable bonds is 1. The molecule has 0 unspecified atom stereocenters. The third-order valence-corrected chi connectivity index (χ3v) is 2.58. The molecule has 78 valence electrons. The molecule has 1 aliphatic rings. The Labute approximate surface area is 86.1 Å². The summed E-state index contributed by atoms with van der Waals surface area (Å²) >= 11 is 0. The fourth-order valence-corrected chi connectivity index (χ4v) is 1.84. The van der Waals surface area contributed by atoms with Crippen LogP contribution in [0.15, 0.2) is 0 Å². The molecule has 0 aliphatic heterocycles. The minimum Gasteiger partial charge on any atom is -0.347 e. The van der Waals surface area contributed by atoms with Crippen molar-refractivity contribution < 1.29 is 4.79 Å². The van der Waals surface area contributed by atoms with E-state index in [4.69, 9.17) is 5.73 Å². The van der Waals surface area contributed by atoms with Crippen molar-refractivity contribution in [3.63, 3.8) is 0 Å². The summed E-state index contributed by atoms with van der Waals surface area (Å²) in [6, 6.07) is 0. The highest BCUT2D eigenvalue weighted by molar-refractivity contribution is 5.86. The molecular weight excluding hydrogens is 188 g/mol. The molecule has 1 aliphatic carbocycles. The zero-order valence-electron chi connectivity index (χ0n) is 8.38. The maximum atomic E-state index is 11.6. The van der Waals surface area contributed by atoms with E-state index in [-0.39, 0.29) is 18.3 Å². The molecule has 0 atom stereocenters. The van der Waals surface area contributed by atoms with Gasteiger partial charge in [-0.2, -0.15) is 0 Å². The van der Waals surface area contributed by atoms with Crippen molar-refractivity contribution in [1.82, 2.24) is 4.90 Å². The summed E-state index contributed by atoms with van der Waals surface area (Å²) in [6.07, 6.45) is 5.11. The van der Waals surface area contributed by atoms with Crippen molar-refractivity contribution in [2.24, 2.45) is 5.73 Å². The average Bonchev–Trinajstić information content (AvgIpc) is 2.04. The first-order valence-corrected chi connectivity index (χ1v) is 4.57. The number of hydrogen-bond donors (Lipinski definition) is 1. The van der Waals surface area contributed by atoms with Gasteiger partial charge in [-0.1, -0.05) is 19.3 Å². The van der Waals surface area contributed by atoms with Crippen LogP contribution in [0.1, 0.15) is 32.1 Å². The average molecular weight is 207 g/mol. The topological polar surface area (TPSA) is 46.3 Å². The number of halogens is 1. The molecular formula is C9H19ClN2O. The molecule has 4 heteroatoms. The van der Waals surface area contributed by atoms with Crippen LogP contribution in [-0.4, -0.2) is 30.4 Å². The molecule has 13 heavy (non-hydrogen) atoms. The Morgan fingerprint density at radius 2 is 1.69 bits per heavy atom. The van der Waals surface area contributed by atoms with Gasteiger partial charge in [0.05, 0.1) is 5.54 Å². The number of carbonyl (C=O) groups is 1. The van der Waals surface area contributed by atoms with E-state index in [1.54, 1.807) is 19.0 Å². The van der Waals surface area contributed by atoms with E-state index < -0.39 is 5.54 Å². The molecule has 1 rings (SSSR count). The van der Waals surface area contributed by atoms with E-state index >= 15 is 0 Å². The Balaban J connectivity index is 0.00000144. The van der Waals surface area contributed by atoms with Crippen molar-refractivity contribution in [3.05, 3.63) is 0 Å². The second-order valence-electron chi connectivity index (χ2n) is 3.92. The lowest BCUT2D eigenvalue weighted by Gasteiger charge is -2.33. The van der Waals surface area contributed by atoms with Crippen LogP contribution >= 0.6 is 12.4 Å². The Morgan fingerprint density at radius 1 is 1.23 bits per heavy atom. The van der Waals surface area contributed by atoms with Crippen molar-refractivity contribution >= 4 is 18.3 Å². The SMILES string of the molecule is CN(C)C(=O)C1(N)CCCCC1.Cl. The predicted octanol–water partition coefficient (Wildman–Crippen LogP) is 1.16. The van der Waals surface area contributed by atoms with Crippen LogP contribution in [0.4, 0.5) is 0 Å². The quantitative estimate of drug-likeness (QED) is 0.700. The molecule has 3 nitrogen and oxygen atoms in total. The highest BCUT2D eigenvalue weighted by atomic mass is 35.5. The third-order valence-electron chi connectivity index (χ3n) is 2.58. The number of amides is 1. The molecule has 0 radical (unpaired) electrons. The molecule has 0 saturated heterocycles. The van der Waals surface area contributed by atoms with Crippen molar-refractivity contribution in [3.8, 4) is 0 Å². The van der Waals surface area contributed by atoms with E-state index in [2.05, 4.69) is 0 Å². The highest BCUT2D eigenvalue weighted by Crippen LogP contribution is 2.26. The largest absolute Gasteiger partial charge is 0.347 e. The zero-order valence-corrected chi connectivity index (χ0v) is 9.19. The summed E-state index contributed by atoms with van der Waals surface area (Å²) in [6.45, 7) is 0. The molecule has 0 heterocycles. The van der Waals surface area contributed by atoms with Crippen molar-refractivity contribution in [2.75, 3.05) is 14.1 Å². The van der Waals surface area contributed by atoms with Gasteiger partial charge in [0.2, 0.25) is 5.91 Å². The Kier molecular flexibility index (Phi) is 4.71. The maximum Gasteiger partial charge on any atom is 0.242 e. The van der Waals surface area contributed by atoms with Gasteiger partial charge in [-0.3, -0.25) is 4.79 Å². The number of nitrogens with zero attached hydrogens (tertiary/aromatic N) is 1.